The van der Waals surface area contributed by atoms with E-state index in [1.807, 2.05) is 115 Å². The summed E-state index contributed by atoms with van der Waals surface area (Å²) in [6.45, 7) is 4.80. The van der Waals surface area contributed by atoms with Crippen LogP contribution in [0.5, 0.6) is 0 Å². The maximum Gasteiger partial charge on any atom is 0.337 e. The highest BCUT2D eigenvalue weighted by atomic mass is 16.5. The summed E-state index contributed by atoms with van der Waals surface area (Å²) in [5, 5.41) is 3.16. The van der Waals surface area contributed by atoms with Gasteiger partial charge in [0.25, 0.3) is 5.91 Å². The zero-order chi connectivity index (χ0) is 55.5. The maximum absolute atomic E-state index is 13.9. The zero-order valence-electron chi connectivity index (χ0n) is 45.1. The van der Waals surface area contributed by atoms with Gasteiger partial charge in [0, 0.05) is 102 Å². The molecule has 10 aromatic rings. The van der Waals surface area contributed by atoms with Crippen LogP contribution in [0.2, 0.25) is 0 Å². The molecule has 0 atom stereocenters. The van der Waals surface area contributed by atoms with Gasteiger partial charge in [-0.3, -0.25) is 9.78 Å². The Hall–Kier alpha value is -10.7. The van der Waals surface area contributed by atoms with Crippen LogP contribution in [0.4, 0.5) is 0 Å². The largest absolute Gasteiger partial charge is 0.465 e. The van der Waals surface area contributed by atoms with E-state index in [0.29, 0.717) is 17.7 Å². The first-order valence-corrected chi connectivity index (χ1v) is 27.3. The van der Waals surface area contributed by atoms with Gasteiger partial charge in [-0.2, -0.15) is 0 Å². The van der Waals surface area contributed by atoms with Gasteiger partial charge in [-0.1, -0.05) is 92.7 Å². The minimum absolute atomic E-state index is 0.183. The molecule has 0 aliphatic carbocycles. The van der Waals surface area contributed by atoms with E-state index in [2.05, 4.69) is 124 Å². The molecule has 0 saturated heterocycles. The van der Waals surface area contributed by atoms with Crippen LogP contribution in [0.1, 0.15) is 85.7 Å². The Bertz CT molecular complexity index is 4690. The second-order valence-corrected chi connectivity index (χ2v) is 21.6. The topological polar surface area (TPSA) is 170 Å². The Balaban J connectivity index is 0.799. The Kier molecular flexibility index (Phi) is 12.2. The fourth-order valence-corrected chi connectivity index (χ4v) is 11.3. The van der Waals surface area contributed by atoms with Crippen LogP contribution in [0.3, 0.4) is 0 Å². The molecule has 16 bridgehead atoms. The molecule has 396 valence electrons. The molecule has 1 amide bonds. The first-order chi connectivity index (χ1) is 40.0. The van der Waals surface area contributed by atoms with Crippen molar-refractivity contribution in [1.29, 1.82) is 0 Å². The number of esters is 1. The van der Waals surface area contributed by atoms with Gasteiger partial charge in [-0.15, -0.1) is 0 Å². The Labute approximate surface area is 471 Å². The summed E-state index contributed by atoms with van der Waals surface area (Å²) in [6, 6.07) is 58.9. The number of methoxy groups -OCH3 is 1. The molecule has 0 unspecified atom stereocenters. The molecule has 14 rings (SSSR count). The number of amides is 1. The van der Waals surface area contributed by atoms with Gasteiger partial charge in [0.2, 0.25) is 0 Å². The number of benzene rings is 4. The van der Waals surface area contributed by atoms with Crippen molar-refractivity contribution in [2.45, 2.75) is 32.2 Å². The summed E-state index contributed by atoms with van der Waals surface area (Å²) in [6.07, 6.45) is 12.9. The number of carbonyl (C=O) groups excluding carboxylic acids is 2. The lowest BCUT2D eigenvalue weighted by atomic mass is 9.87. The molecule has 5 N–H and O–H groups in total. The van der Waals surface area contributed by atoms with Crippen molar-refractivity contribution in [2.24, 2.45) is 0 Å². The van der Waals surface area contributed by atoms with Crippen molar-refractivity contribution in [3.8, 4) is 44.5 Å². The van der Waals surface area contributed by atoms with E-state index in [9.17, 15) is 9.59 Å². The Morgan fingerprint density at radius 3 is 1.71 bits per heavy atom. The molecule has 82 heavy (non-hydrogen) atoms. The van der Waals surface area contributed by atoms with Gasteiger partial charge in [0.1, 0.15) is 0 Å². The zero-order valence-corrected chi connectivity index (χ0v) is 45.1. The van der Waals surface area contributed by atoms with Crippen molar-refractivity contribution in [1.82, 2.24) is 45.2 Å². The average Bonchev–Trinajstić information content (AvgIpc) is 4.50. The third-order valence-corrected chi connectivity index (χ3v) is 15.4. The van der Waals surface area contributed by atoms with Crippen molar-refractivity contribution in [3.63, 3.8) is 0 Å². The number of hydrogen-bond donors (Lipinski definition) is 5. The smallest absolute Gasteiger partial charge is 0.337 e. The molecule has 12 nitrogen and oxygen atoms in total. The van der Waals surface area contributed by atoms with Crippen molar-refractivity contribution >= 4 is 92.5 Å². The fourth-order valence-electron chi connectivity index (χ4n) is 11.3. The lowest BCUT2D eigenvalue weighted by Gasteiger charge is -2.15. The van der Waals surface area contributed by atoms with Gasteiger partial charge in [-0.05, 0) is 161 Å². The van der Waals surface area contributed by atoms with Gasteiger partial charge >= 0.3 is 5.97 Å². The van der Waals surface area contributed by atoms with Crippen LogP contribution in [0.25, 0.3) is 125 Å². The van der Waals surface area contributed by atoms with E-state index in [4.69, 9.17) is 24.7 Å². The quantitative estimate of drug-likeness (QED) is 0.0943. The van der Waals surface area contributed by atoms with Crippen LogP contribution in [0, 0.1) is 0 Å². The van der Waals surface area contributed by atoms with Crippen LogP contribution in [0.15, 0.2) is 176 Å². The predicted octanol–water partition coefficient (Wildman–Crippen LogP) is 15.4. The molecular formula is C70H53N9O3. The van der Waals surface area contributed by atoms with Gasteiger partial charge < -0.3 is 30.0 Å². The number of nitrogens with zero attached hydrogens (tertiary/aromatic N) is 4. The number of hydrogen-bond acceptors (Lipinski definition) is 7. The first-order valence-electron chi connectivity index (χ1n) is 27.3. The lowest BCUT2D eigenvalue weighted by Crippen LogP contribution is -2.22. The number of carbonyl (C=O) groups is 2. The predicted molar refractivity (Wildman–Crippen MR) is 330 cm³/mol. The molecule has 0 saturated carbocycles. The SMILES string of the molecule is COC(=O)c1ccc(-c2c3nc(cc4[nH]c(cc5nc(cc6[nH]c2cc6-c2ccc(CNC(=O)c6ccc(-c7c8nc(cc9ccc(cc%10nc(cc%11ccc7[nH]%11)C=C%10)[nH]9)C=C8)cc6)cc2)CC5(C)C)cc4-c2ccccc2)C=C3)cc1. The number of ether oxygens (including phenoxy) is 1. The van der Waals surface area contributed by atoms with Crippen molar-refractivity contribution < 1.29 is 14.3 Å². The van der Waals surface area contributed by atoms with Crippen LogP contribution < -0.4 is 5.32 Å². The van der Waals surface area contributed by atoms with E-state index >= 15 is 0 Å². The minimum Gasteiger partial charge on any atom is -0.465 e. The number of nitrogens with one attached hydrogen (secondary N) is 5. The van der Waals surface area contributed by atoms with Crippen molar-refractivity contribution in [2.75, 3.05) is 7.11 Å². The van der Waals surface area contributed by atoms with Crippen LogP contribution >= 0.6 is 0 Å². The van der Waals surface area contributed by atoms with Crippen LogP contribution in [-0.4, -0.2) is 58.9 Å². The van der Waals surface area contributed by atoms with E-state index in [-0.39, 0.29) is 11.3 Å². The molecule has 6 aromatic heterocycles. The highest BCUT2D eigenvalue weighted by Crippen LogP contribution is 2.38. The minimum atomic E-state index is -0.407. The molecular weight excluding hydrogens is 1010 g/mol. The first kappa shape index (κ1) is 49.6. The van der Waals surface area contributed by atoms with Gasteiger partial charge in [0.05, 0.1) is 46.8 Å². The molecule has 4 aliphatic heterocycles. The molecule has 0 fully saturated rings. The van der Waals surface area contributed by atoms with Crippen molar-refractivity contribution in [3.05, 3.63) is 238 Å². The van der Waals surface area contributed by atoms with Gasteiger partial charge in [-0.25, -0.2) is 19.7 Å². The number of fused-ring (bicyclic) bond motifs is 16. The summed E-state index contributed by atoms with van der Waals surface area (Å²) in [5.74, 6) is -0.591. The fraction of sp³-hybridized carbons (Fsp3) is 0.0857. The van der Waals surface area contributed by atoms with E-state index < -0.39 is 5.97 Å². The average molecular weight is 1070 g/mol. The third-order valence-electron chi connectivity index (χ3n) is 15.4. The molecule has 0 spiro atoms. The van der Waals surface area contributed by atoms with E-state index in [1.54, 1.807) is 12.1 Å². The normalized spacial score (nSPS) is 13.1. The van der Waals surface area contributed by atoms with Gasteiger partial charge in [0.15, 0.2) is 0 Å². The lowest BCUT2D eigenvalue weighted by molar-refractivity contribution is 0.0600. The summed E-state index contributed by atoms with van der Waals surface area (Å²) in [4.78, 5) is 61.4. The molecule has 4 aromatic carbocycles. The third kappa shape index (κ3) is 9.72. The monoisotopic (exact) mass is 1070 g/mol. The summed E-state index contributed by atoms with van der Waals surface area (Å²) < 4.78 is 5.06. The maximum atomic E-state index is 13.9. The molecule has 12 heteroatoms. The number of aromatic nitrogens is 8. The van der Waals surface area contributed by atoms with Crippen LogP contribution in [-0.2, 0) is 23.1 Å². The molecule has 4 aliphatic rings. The molecule has 10 heterocycles. The second kappa shape index (κ2) is 20.2. The highest BCUT2D eigenvalue weighted by molar-refractivity contribution is 5.99. The Morgan fingerprint density at radius 1 is 0.476 bits per heavy atom. The number of aromatic amines is 4. The Morgan fingerprint density at radius 2 is 1.02 bits per heavy atom. The second-order valence-electron chi connectivity index (χ2n) is 21.6. The number of rotatable bonds is 8. The standard InChI is InChI=1S/C70H53N9O3/c1-70(2)39-56-36-63-58(38-64(79-63)67(45-15-19-47(20-16-45)69(81)82-3)61-30-27-54(76-61)35-62-57(42-7-5-4-6-8-42)34-55(77-62)37-65(70)78-56)43-11-9-41(10-12-43)40-71-68(80)46-17-13-44(14-18-46)66-59-28-25-52(74-59)32-50-23-21-48(72-50)31-49-22-24-51(73-49)33-53-26-29-60(66)75-53/h4-38,72,75,77,79H,39-40H2,1-3H3,(H,71,80). The summed E-state index contributed by atoms with van der Waals surface area (Å²) >= 11 is 0. The number of H-pyrrole nitrogens is 4. The van der Waals surface area contributed by atoms with E-state index in [0.717, 1.165) is 146 Å². The van der Waals surface area contributed by atoms with E-state index in [1.165, 1.54) is 7.11 Å². The molecule has 0 radical (unpaired) electrons. The highest BCUT2D eigenvalue weighted by Gasteiger charge is 2.29. The summed E-state index contributed by atoms with van der Waals surface area (Å²) in [7, 11) is 1.39. The summed E-state index contributed by atoms with van der Waals surface area (Å²) in [5.41, 5.74) is 23.6.